The number of nitrogens with two attached hydrogens (primary N) is 1. The molecule has 14 heavy (non-hydrogen) atoms. The van der Waals surface area contributed by atoms with Crippen LogP contribution in [0.5, 0.6) is 0 Å². The van der Waals surface area contributed by atoms with Gasteiger partial charge in [0.25, 0.3) is 0 Å². The molecular formula is C5H11N3O5P+. The molecule has 2 unspecified atom stereocenters. The Morgan fingerprint density at radius 2 is 2.21 bits per heavy atom. The smallest absolute Gasteiger partial charge is 0.480 e. The van der Waals surface area contributed by atoms with Crippen LogP contribution in [0.4, 0.5) is 0 Å². The Bertz CT molecular complexity index is 268. The molecule has 0 radical (unpaired) electrons. The third kappa shape index (κ3) is 4.01. The molecule has 0 fully saturated rings. The summed E-state index contributed by atoms with van der Waals surface area (Å²) in [7, 11) is -1.52. The molecule has 0 aliphatic carbocycles. The SMILES string of the molecule is CC(C(=O)O)N(C)C(N)=NO[P+](=O)O. The van der Waals surface area contributed by atoms with E-state index in [0.717, 1.165) is 4.90 Å². The van der Waals surface area contributed by atoms with E-state index in [1.165, 1.54) is 14.0 Å². The number of hydrogen-bond acceptors (Lipinski definition) is 4. The number of rotatable bonds is 4. The van der Waals surface area contributed by atoms with Gasteiger partial charge in [-0.05, 0) is 6.92 Å². The Morgan fingerprint density at radius 1 is 1.71 bits per heavy atom. The molecule has 9 heteroatoms. The summed E-state index contributed by atoms with van der Waals surface area (Å²) in [5, 5.41) is 11.6. The lowest BCUT2D eigenvalue weighted by molar-refractivity contribution is -0.140. The molecule has 0 saturated heterocycles. The fourth-order valence-corrected chi connectivity index (χ4v) is 0.659. The van der Waals surface area contributed by atoms with E-state index < -0.39 is 20.3 Å². The minimum Gasteiger partial charge on any atom is -0.480 e. The highest BCUT2D eigenvalue weighted by molar-refractivity contribution is 7.32. The second-order valence-corrected chi connectivity index (χ2v) is 3.03. The molecule has 0 spiro atoms. The average Bonchev–Trinajstić information content (AvgIpc) is 2.11. The minimum atomic E-state index is -2.88. The quantitative estimate of drug-likeness (QED) is 0.249. The standard InChI is InChI=1S/C5H10N3O5P/c1-3(4(9)10)8(2)5(6)7-13-14(11)12/h3H,1-2H3,(H3-,6,7,9,10,11,12)/p+1. The van der Waals surface area contributed by atoms with Crippen LogP contribution in [0.2, 0.25) is 0 Å². The summed E-state index contributed by atoms with van der Waals surface area (Å²) in [5.41, 5.74) is 5.25. The summed E-state index contributed by atoms with van der Waals surface area (Å²) in [6, 6.07) is -0.904. The second kappa shape index (κ2) is 5.36. The van der Waals surface area contributed by atoms with Gasteiger partial charge in [0, 0.05) is 16.8 Å². The molecule has 0 bridgehead atoms. The number of carbonyl (C=O) groups is 1. The fourth-order valence-electron chi connectivity index (χ4n) is 0.505. The van der Waals surface area contributed by atoms with Crippen molar-refractivity contribution in [1.29, 1.82) is 0 Å². The normalized spacial score (nSPS) is 14.5. The van der Waals surface area contributed by atoms with E-state index in [-0.39, 0.29) is 5.96 Å². The van der Waals surface area contributed by atoms with Crippen molar-refractivity contribution in [2.24, 2.45) is 10.9 Å². The van der Waals surface area contributed by atoms with Gasteiger partial charge in [-0.2, -0.15) is 0 Å². The molecule has 80 valence electrons. The Hall–Kier alpha value is -1.40. The third-order valence-electron chi connectivity index (χ3n) is 1.50. The molecule has 0 aromatic rings. The molecule has 0 amide bonds. The van der Waals surface area contributed by atoms with Gasteiger partial charge in [0.2, 0.25) is 5.96 Å². The average molecular weight is 224 g/mol. The van der Waals surface area contributed by atoms with Crippen LogP contribution in [0, 0.1) is 0 Å². The lowest BCUT2D eigenvalue weighted by Gasteiger charge is -2.20. The van der Waals surface area contributed by atoms with Crippen molar-refractivity contribution < 1.29 is 24.0 Å². The Kier molecular flexibility index (Phi) is 4.82. The lowest BCUT2D eigenvalue weighted by Crippen LogP contribution is -2.44. The molecule has 0 aromatic heterocycles. The predicted octanol–water partition coefficient (Wildman–Crippen LogP) is -0.713. The Labute approximate surface area is 80.9 Å². The summed E-state index contributed by atoms with van der Waals surface area (Å²) in [4.78, 5) is 19.8. The zero-order chi connectivity index (χ0) is 11.3. The predicted molar refractivity (Wildman–Crippen MR) is 47.4 cm³/mol. The molecule has 0 rings (SSSR count). The van der Waals surface area contributed by atoms with Crippen molar-refractivity contribution in [3.63, 3.8) is 0 Å². The van der Waals surface area contributed by atoms with E-state index >= 15 is 0 Å². The summed E-state index contributed by atoms with van der Waals surface area (Å²) in [6.45, 7) is 1.38. The van der Waals surface area contributed by atoms with E-state index in [0.29, 0.717) is 0 Å². The zero-order valence-corrected chi connectivity index (χ0v) is 8.51. The molecule has 2 atom stereocenters. The van der Waals surface area contributed by atoms with Gasteiger partial charge in [0.15, 0.2) is 0 Å². The minimum absolute atomic E-state index is 0.294. The van der Waals surface area contributed by atoms with E-state index in [4.69, 9.17) is 15.7 Å². The summed E-state index contributed by atoms with van der Waals surface area (Å²) in [5.74, 6) is -1.39. The van der Waals surface area contributed by atoms with Crippen molar-refractivity contribution in [1.82, 2.24) is 4.90 Å². The molecule has 8 nitrogen and oxygen atoms in total. The Balaban J connectivity index is 4.37. The van der Waals surface area contributed by atoms with Crippen LogP contribution in [0.1, 0.15) is 6.92 Å². The maximum absolute atomic E-state index is 10.5. The van der Waals surface area contributed by atoms with Crippen LogP contribution >= 0.6 is 8.25 Å². The van der Waals surface area contributed by atoms with Crippen LogP contribution in [-0.2, 0) is 14.0 Å². The first-order valence-corrected chi connectivity index (χ1v) is 4.61. The van der Waals surface area contributed by atoms with Crippen LogP contribution in [0.15, 0.2) is 5.16 Å². The summed E-state index contributed by atoms with van der Waals surface area (Å²) < 4.78 is 14.0. The maximum atomic E-state index is 10.5. The largest absolute Gasteiger partial charge is 0.770 e. The zero-order valence-electron chi connectivity index (χ0n) is 7.62. The van der Waals surface area contributed by atoms with E-state index in [1.807, 2.05) is 0 Å². The van der Waals surface area contributed by atoms with Crippen molar-refractivity contribution >= 4 is 20.2 Å². The number of nitrogens with zero attached hydrogens (tertiary/aromatic N) is 2. The van der Waals surface area contributed by atoms with Crippen LogP contribution in [0.25, 0.3) is 0 Å². The third-order valence-corrected chi connectivity index (χ3v) is 1.73. The molecule has 0 heterocycles. The summed E-state index contributed by atoms with van der Waals surface area (Å²) >= 11 is 0. The van der Waals surface area contributed by atoms with Crippen LogP contribution in [-0.4, -0.2) is 39.9 Å². The topological polar surface area (TPSA) is 125 Å². The number of carboxylic acid groups (broad SMARTS) is 1. The van der Waals surface area contributed by atoms with Gasteiger partial charge in [0.1, 0.15) is 6.04 Å². The number of guanidine groups is 1. The molecule has 0 saturated carbocycles. The molecule has 0 aromatic carbocycles. The van der Waals surface area contributed by atoms with Gasteiger partial charge in [-0.15, -0.1) is 9.52 Å². The monoisotopic (exact) mass is 224 g/mol. The van der Waals surface area contributed by atoms with Gasteiger partial charge >= 0.3 is 14.2 Å². The highest BCUT2D eigenvalue weighted by atomic mass is 31.1. The van der Waals surface area contributed by atoms with Crippen molar-refractivity contribution in [2.45, 2.75) is 13.0 Å². The van der Waals surface area contributed by atoms with Crippen molar-refractivity contribution in [3.05, 3.63) is 0 Å². The second-order valence-electron chi connectivity index (χ2n) is 2.39. The van der Waals surface area contributed by atoms with Gasteiger partial charge in [0.05, 0.1) is 0 Å². The van der Waals surface area contributed by atoms with Crippen molar-refractivity contribution in [2.75, 3.05) is 7.05 Å². The molecule has 0 aliphatic rings. The highest BCUT2D eigenvalue weighted by Crippen LogP contribution is 2.14. The molecular weight excluding hydrogens is 213 g/mol. The van der Waals surface area contributed by atoms with Crippen LogP contribution < -0.4 is 5.73 Å². The van der Waals surface area contributed by atoms with Gasteiger partial charge in [-0.25, -0.2) is 4.79 Å². The molecule has 0 aliphatic heterocycles. The van der Waals surface area contributed by atoms with E-state index in [1.54, 1.807) is 0 Å². The van der Waals surface area contributed by atoms with Gasteiger partial charge < -0.3 is 15.7 Å². The number of aliphatic carboxylic acids is 1. The van der Waals surface area contributed by atoms with Crippen molar-refractivity contribution in [3.8, 4) is 0 Å². The number of oxime groups is 1. The molecule has 4 N–H and O–H groups in total. The lowest BCUT2D eigenvalue weighted by atomic mass is 10.3. The van der Waals surface area contributed by atoms with E-state index in [2.05, 4.69) is 9.78 Å². The van der Waals surface area contributed by atoms with E-state index in [9.17, 15) is 9.36 Å². The number of hydrogen-bond donors (Lipinski definition) is 3. The number of carboxylic acids is 1. The maximum Gasteiger partial charge on any atom is 0.770 e. The van der Waals surface area contributed by atoms with Gasteiger partial charge in [-0.3, -0.25) is 0 Å². The van der Waals surface area contributed by atoms with Crippen LogP contribution in [0.3, 0.4) is 0 Å². The first kappa shape index (κ1) is 12.6. The number of likely N-dealkylation sites (N-methyl/N-ethyl adjacent to an activating group) is 1. The first-order valence-electron chi connectivity index (χ1n) is 3.48. The Morgan fingerprint density at radius 3 is 2.57 bits per heavy atom. The first-order chi connectivity index (χ1) is 6.36. The highest BCUT2D eigenvalue weighted by Gasteiger charge is 2.20. The summed E-state index contributed by atoms with van der Waals surface area (Å²) in [6.07, 6.45) is 0. The fraction of sp³-hybridized carbons (Fsp3) is 0.600. The van der Waals surface area contributed by atoms with Gasteiger partial charge in [-0.1, -0.05) is 0 Å².